The van der Waals surface area contributed by atoms with Crippen LogP contribution in [0, 0.1) is 10.1 Å². The van der Waals surface area contributed by atoms with E-state index in [0.717, 1.165) is 11.3 Å². The maximum absolute atomic E-state index is 11.9. The average molecular weight is 373 g/mol. The molecule has 0 fully saturated rings. The highest BCUT2D eigenvalue weighted by Gasteiger charge is 2.22. The largest absolute Gasteiger partial charge is 0.497 e. The third kappa shape index (κ3) is 4.95. The van der Waals surface area contributed by atoms with Gasteiger partial charge in [0, 0.05) is 18.3 Å². The topological polar surface area (TPSA) is 93.9 Å². The van der Waals surface area contributed by atoms with Gasteiger partial charge < -0.3 is 19.7 Å². The van der Waals surface area contributed by atoms with Gasteiger partial charge in [0.2, 0.25) is 0 Å². The number of methoxy groups -OCH3 is 2. The van der Waals surface area contributed by atoms with Crippen molar-refractivity contribution in [3.05, 3.63) is 63.7 Å². The van der Waals surface area contributed by atoms with E-state index in [4.69, 9.17) is 4.74 Å². The van der Waals surface area contributed by atoms with Crippen molar-refractivity contribution in [2.75, 3.05) is 40.2 Å². The minimum absolute atomic E-state index is 0.0249. The molecule has 0 bridgehead atoms. The van der Waals surface area contributed by atoms with Gasteiger partial charge in [0.25, 0.3) is 5.69 Å². The summed E-state index contributed by atoms with van der Waals surface area (Å²) in [5.41, 5.74) is 1.28. The van der Waals surface area contributed by atoms with Gasteiger partial charge in [-0.25, -0.2) is 4.79 Å². The Labute approximate surface area is 157 Å². The highest BCUT2D eigenvalue weighted by atomic mass is 16.6. The van der Waals surface area contributed by atoms with E-state index >= 15 is 0 Å². The van der Waals surface area contributed by atoms with Crippen LogP contribution in [0.4, 0.5) is 11.4 Å². The van der Waals surface area contributed by atoms with Crippen LogP contribution >= 0.6 is 0 Å². The molecule has 1 unspecified atom stereocenters. The Balaban J connectivity index is 2.24. The number of nitro benzene ring substituents is 1. The van der Waals surface area contributed by atoms with Gasteiger partial charge in [0.15, 0.2) is 0 Å². The van der Waals surface area contributed by atoms with Crippen LogP contribution in [-0.4, -0.2) is 50.7 Å². The molecule has 0 aliphatic carbocycles. The van der Waals surface area contributed by atoms with Crippen molar-refractivity contribution in [2.45, 2.75) is 6.04 Å². The molecule has 2 aromatic carbocycles. The van der Waals surface area contributed by atoms with E-state index in [-0.39, 0.29) is 17.3 Å². The van der Waals surface area contributed by atoms with Crippen molar-refractivity contribution in [3.63, 3.8) is 0 Å². The summed E-state index contributed by atoms with van der Waals surface area (Å²) < 4.78 is 9.93. The minimum Gasteiger partial charge on any atom is -0.497 e. The quantitative estimate of drug-likeness (QED) is 0.432. The maximum Gasteiger partial charge on any atom is 0.344 e. The van der Waals surface area contributed by atoms with Crippen molar-refractivity contribution in [2.24, 2.45) is 0 Å². The number of nitrogens with zero attached hydrogens (tertiary/aromatic N) is 2. The third-order valence-corrected chi connectivity index (χ3v) is 4.20. The molecular weight excluding hydrogens is 350 g/mol. The average Bonchev–Trinajstić information content (AvgIpc) is 2.67. The lowest BCUT2D eigenvalue weighted by Crippen LogP contribution is -2.27. The molecule has 0 radical (unpaired) electrons. The van der Waals surface area contributed by atoms with Crippen LogP contribution in [0.25, 0.3) is 0 Å². The van der Waals surface area contributed by atoms with E-state index in [1.807, 2.05) is 43.3 Å². The Morgan fingerprint density at radius 3 is 2.56 bits per heavy atom. The molecule has 8 nitrogen and oxygen atoms in total. The number of likely N-dealkylation sites (N-methyl/N-ethyl adjacent to an activating group) is 1. The van der Waals surface area contributed by atoms with E-state index in [1.165, 1.54) is 19.2 Å². The third-order valence-electron chi connectivity index (χ3n) is 4.20. The van der Waals surface area contributed by atoms with Gasteiger partial charge in [-0.1, -0.05) is 12.1 Å². The zero-order valence-electron chi connectivity index (χ0n) is 15.8. The molecule has 2 aromatic rings. The number of carbonyl (C=O) groups is 1. The molecule has 0 aliphatic rings. The first-order chi connectivity index (χ1) is 12.9. The molecule has 0 saturated heterocycles. The summed E-state index contributed by atoms with van der Waals surface area (Å²) >= 11 is 0. The van der Waals surface area contributed by atoms with Gasteiger partial charge >= 0.3 is 5.97 Å². The van der Waals surface area contributed by atoms with Crippen LogP contribution < -0.4 is 10.1 Å². The molecule has 0 spiro atoms. The number of esters is 1. The van der Waals surface area contributed by atoms with Crippen LogP contribution in [0.5, 0.6) is 5.75 Å². The van der Waals surface area contributed by atoms with Crippen molar-refractivity contribution in [3.8, 4) is 5.75 Å². The van der Waals surface area contributed by atoms with Gasteiger partial charge in [-0.05, 0) is 43.9 Å². The lowest BCUT2D eigenvalue weighted by atomic mass is 10.1. The summed E-state index contributed by atoms with van der Waals surface area (Å²) in [6, 6.07) is 12.1. The molecule has 144 valence electrons. The predicted molar refractivity (Wildman–Crippen MR) is 102 cm³/mol. The monoisotopic (exact) mass is 373 g/mol. The molecule has 27 heavy (non-hydrogen) atoms. The highest BCUT2D eigenvalue weighted by Crippen LogP contribution is 2.26. The van der Waals surface area contributed by atoms with Crippen LogP contribution in [0.3, 0.4) is 0 Å². The molecule has 1 N–H and O–H groups in total. The zero-order chi connectivity index (χ0) is 20.0. The molecule has 0 saturated carbocycles. The smallest absolute Gasteiger partial charge is 0.344 e. The van der Waals surface area contributed by atoms with E-state index in [0.29, 0.717) is 12.2 Å². The first kappa shape index (κ1) is 20.2. The summed E-state index contributed by atoms with van der Waals surface area (Å²) in [5.74, 6) is 0.0185. The number of hydrogen-bond donors (Lipinski definition) is 1. The fraction of sp³-hybridized carbons (Fsp3) is 0.316. The summed E-state index contributed by atoms with van der Waals surface area (Å²) in [4.78, 5) is 24.4. The fourth-order valence-corrected chi connectivity index (χ4v) is 2.74. The number of anilines is 1. The van der Waals surface area contributed by atoms with Crippen LogP contribution in [0.1, 0.15) is 22.0 Å². The van der Waals surface area contributed by atoms with Gasteiger partial charge in [0.05, 0.1) is 25.2 Å². The Bertz CT molecular complexity index is 823. The van der Waals surface area contributed by atoms with Gasteiger partial charge in [-0.3, -0.25) is 10.1 Å². The second kappa shape index (κ2) is 9.00. The molecule has 0 heterocycles. The highest BCUT2D eigenvalue weighted by molar-refractivity contribution is 5.95. The molecule has 1 atom stereocenters. The van der Waals surface area contributed by atoms with Crippen molar-refractivity contribution in [1.29, 1.82) is 0 Å². The van der Waals surface area contributed by atoms with Crippen LogP contribution in [0.15, 0.2) is 42.5 Å². The molecule has 0 aliphatic heterocycles. The van der Waals surface area contributed by atoms with Gasteiger partial charge in [-0.2, -0.15) is 0 Å². The number of nitro groups is 1. The van der Waals surface area contributed by atoms with E-state index in [2.05, 4.69) is 10.1 Å². The summed E-state index contributed by atoms with van der Waals surface area (Å²) in [6.07, 6.45) is 0. The Hall–Kier alpha value is -3.13. The number of rotatable bonds is 8. The standard InChI is InChI=1S/C19H23N3O5/c1-21(2)18(13-6-5-7-15(10-13)26-3)12-20-14-8-9-17(22(24)25)16(11-14)19(23)27-4/h5-11,18,20H,12H2,1-4H3. The second-order valence-corrected chi connectivity index (χ2v) is 6.12. The normalized spacial score (nSPS) is 11.7. The Morgan fingerprint density at radius 1 is 1.22 bits per heavy atom. The Kier molecular flexibility index (Phi) is 6.73. The number of benzene rings is 2. The van der Waals surface area contributed by atoms with Gasteiger partial charge in [-0.15, -0.1) is 0 Å². The lowest BCUT2D eigenvalue weighted by molar-refractivity contribution is -0.385. The predicted octanol–water partition coefficient (Wildman–Crippen LogP) is 3.10. The van der Waals surface area contributed by atoms with Crippen LogP contribution in [-0.2, 0) is 4.74 Å². The van der Waals surface area contributed by atoms with Crippen molar-refractivity contribution < 1.29 is 19.2 Å². The van der Waals surface area contributed by atoms with Crippen LogP contribution in [0.2, 0.25) is 0 Å². The molecule has 0 amide bonds. The molecule has 8 heteroatoms. The lowest BCUT2D eigenvalue weighted by Gasteiger charge is -2.26. The summed E-state index contributed by atoms with van der Waals surface area (Å²) in [6.45, 7) is 0.526. The number of hydrogen-bond acceptors (Lipinski definition) is 7. The number of nitrogens with one attached hydrogen (secondary N) is 1. The van der Waals surface area contributed by atoms with E-state index in [1.54, 1.807) is 13.2 Å². The van der Waals surface area contributed by atoms with Gasteiger partial charge in [0.1, 0.15) is 11.3 Å². The summed E-state index contributed by atoms with van der Waals surface area (Å²) in [5, 5.41) is 14.3. The van der Waals surface area contributed by atoms with E-state index < -0.39 is 10.9 Å². The summed E-state index contributed by atoms with van der Waals surface area (Å²) in [7, 11) is 6.73. The van der Waals surface area contributed by atoms with E-state index in [9.17, 15) is 14.9 Å². The SMILES string of the molecule is COC(=O)c1cc(NCC(c2cccc(OC)c2)N(C)C)ccc1[N+](=O)[O-]. The minimum atomic E-state index is -0.748. The second-order valence-electron chi connectivity index (χ2n) is 6.12. The van der Waals surface area contributed by atoms with Crippen molar-refractivity contribution in [1.82, 2.24) is 4.90 Å². The first-order valence-corrected chi connectivity index (χ1v) is 8.28. The molecule has 0 aromatic heterocycles. The molecule has 2 rings (SSSR count). The van der Waals surface area contributed by atoms with Crippen molar-refractivity contribution >= 4 is 17.3 Å². The maximum atomic E-state index is 11.9. The fourth-order valence-electron chi connectivity index (χ4n) is 2.74. The number of carbonyl (C=O) groups excluding carboxylic acids is 1. The first-order valence-electron chi connectivity index (χ1n) is 8.28. The number of ether oxygens (including phenoxy) is 2. The Morgan fingerprint density at radius 2 is 1.96 bits per heavy atom. The molecular formula is C19H23N3O5. The zero-order valence-corrected chi connectivity index (χ0v) is 15.8.